The first kappa shape index (κ1) is 19.5. The van der Waals surface area contributed by atoms with E-state index in [1.807, 2.05) is 6.07 Å². The minimum atomic E-state index is -1.20. The number of ether oxygens (including phenoxy) is 2. The van der Waals surface area contributed by atoms with Crippen LogP contribution in [0.3, 0.4) is 0 Å². The molecule has 0 radical (unpaired) electrons. The van der Waals surface area contributed by atoms with Crippen LogP contribution in [0, 0.1) is 5.92 Å². The van der Waals surface area contributed by atoms with Crippen molar-refractivity contribution >= 4 is 7.12 Å². The third-order valence-electron chi connectivity index (χ3n) is 5.79. The van der Waals surface area contributed by atoms with Gasteiger partial charge in [0.15, 0.2) is 11.5 Å². The number of piperidine rings is 1. The average molecular weight is 362 g/mol. The predicted molar refractivity (Wildman–Crippen MR) is 102 cm³/mol. The molecule has 1 aromatic rings. The number of nitrogens with zero attached hydrogens (tertiary/aromatic N) is 1. The highest BCUT2D eigenvalue weighted by atomic mass is 16.7. The molecule has 1 fully saturated rings. The zero-order valence-electron chi connectivity index (χ0n) is 15.7. The molecule has 0 spiro atoms. The van der Waals surface area contributed by atoms with E-state index in [0.29, 0.717) is 19.0 Å². The van der Waals surface area contributed by atoms with Gasteiger partial charge in [0, 0.05) is 12.1 Å². The summed E-state index contributed by atoms with van der Waals surface area (Å²) < 4.78 is 10.8. The van der Waals surface area contributed by atoms with Gasteiger partial charge in [-0.2, -0.15) is 0 Å². The lowest BCUT2D eigenvalue weighted by Gasteiger charge is -2.40. The van der Waals surface area contributed by atoms with Gasteiger partial charge >= 0.3 is 7.12 Å². The highest BCUT2D eigenvalue weighted by molar-refractivity contribution is 6.40. The molecular weight excluding hydrogens is 331 g/mol. The van der Waals surface area contributed by atoms with E-state index in [-0.39, 0.29) is 5.54 Å². The van der Waals surface area contributed by atoms with Crippen LogP contribution in [0.15, 0.2) is 18.2 Å². The van der Waals surface area contributed by atoms with E-state index in [4.69, 9.17) is 25.3 Å². The van der Waals surface area contributed by atoms with Crippen LogP contribution in [0.25, 0.3) is 0 Å². The standard InChI is InChI=1S/C19H31BN2O4/c1-19(21,8-2-3-9-20(23)24)16-6-10-22(11-7-16)13-15-4-5-17-18(12-15)26-14-25-17/h4-5,12,16,23-24H,2-3,6-11,13-14,21H2,1H3. The molecule has 0 amide bonds. The van der Waals surface area contributed by atoms with Gasteiger partial charge in [0.25, 0.3) is 0 Å². The summed E-state index contributed by atoms with van der Waals surface area (Å²) >= 11 is 0. The zero-order chi connectivity index (χ0) is 18.6. The van der Waals surface area contributed by atoms with Crippen LogP contribution < -0.4 is 15.2 Å². The summed E-state index contributed by atoms with van der Waals surface area (Å²) in [5, 5.41) is 17.9. The lowest BCUT2D eigenvalue weighted by Crippen LogP contribution is -2.49. The lowest BCUT2D eigenvalue weighted by atomic mass is 9.75. The fourth-order valence-corrected chi connectivity index (χ4v) is 4.08. The van der Waals surface area contributed by atoms with Gasteiger partial charge in [-0.1, -0.05) is 18.9 Å². The number of rotatable bonds is 8. The predicted octanol–water partition coefficient (Wildman–Crippen LogP) is 1.99. The molecular formula is C19H31BN2O4. The Balaban J connectivity index is 1.43. The number of nitrogens with two attached hydrogens (primary N) is 1. The molecule has 1 aromatic carbocycles. The molecule has 26 heavy (non-hydrogen) atoms. The van der Waals surface area contributed by atoms with E-state index in [0.717, 1.165) is 63.2 Å². The number of likely N-dealkylation sites (tertiary alicyclic amines) is 1. The number of hydrogen-bond donors (Lipinski definition) is 3. The summed E-state index contributed by atoms with van der Waals surface area (Å²) in [7, 11) is -1.20. The van der Waals surface area contributed by atoms with E-state index in [1.165, 1.54) is 5.56 Å². The third kappa shape index (κ3) is 5.13. The van der Waals surface area contributed by atoms with Crippen LogP contribution >= 0.6 is 0 Å². The molecule has 1 unspecified atom stereocenters. The van der Waals surface area contributed by atoms with Crippen molar-refractivity contribution in [2.24, 2.45) is 11.7 Å². The molecule has 0 saturated carbocycles. The first-order valence-corrected chi connectivity index (χ1v) is 9.70. The van der Waals surface area contributed by atoms with Gasteiger partial charge in [-0.25, -0.2) is 0 Å². The molecule has 7 heteroatoms. The highest BCUT2D eigenvalue weighted by Crippen LogP contribution is 2.34. The summed E-state index contributed by atoms with van der Waals surface area (Å²) in [5.74, 6) is 2.20. The van der Waals surface area contributed by atoms with E-state index in [9.17, 15) is 0 Å². The molecule has 4 N–H and O–H groups in total. The van der Waals surface area contributed by atoms with Gasteiger partial charge in [-0.05, 0) is 69.2 Å². The van der Waals surface area contributed by atoms with Crippen molar-refractivity contribution in [2.45, 2.75) is 57.4 Å². The maximum absolute atomic E-state index is 8.94. The summed E-state index contributed by atoms with van der Waals surface area (Å²) in [4.78, 5) is 2.48. The fraction of sp³-hybridized carbons (Fsp3) is 0.684. The summed E-state index contributed by atoms with van der Waals surface area (Å²) in [6.07, 6.45) is 5.35. The Morgan fingerprint density at radius 2 is 1.92 bits per heavy atom. The molecule has 0 aliphatic carbocycles. The Kier molecular flexibility index (Phi) is 6.45. The molecule has 0 bridgehead atoms. The van der Waals surface area contributed by atoms with Crippen LogP contribution in [-0.2, 0) is 6.54 Å². The van der Waals surface area contributed by atoms with Crippen molar-refractivity contribution in [1.82, 2.24) is 4.90 Å². The normalized spacial score (nSPS) is 20.2. The summed E-state index contributed by atoms with van der Waals surface area (Å²) in [6.45, 7) is 5.51. The SMILES string of the molecule is CC(N)(CCCCB(O)O)C1CCN(Cc2ccc3c(c2)OCO3)CC1. The Hall–Kier alpha value is -1.28. The first-order valence-electron chi connectivity index (χ1n) is 9.70. The molecule has 1 saturated heterocycles. The zero-order valence-corrected chi connectivity index (χ0v) is 15.7. The maximum Gasteiger partial charge on any atom is 0.451 e. The topological polar surface area (TPSA) is 88.2 Å². The first-order chi connectivity index (χ1) is 12.4. The third-order valence-corrected chi connectivity index (χ3v) is 5.79. The van der Waals surface area contributed by atoms with E-state index < -0.39 is 7.12 Å². The van der Waals surface area contributed by atoms with Crippen molar-refractivity contribution in [1.29, 1.82) is 0 Å². The van der Waals surface area contributed by atoms with Gasteiger partial charge < -0.3 is 25.3 Å². The highest BCUT2D eigenvalue weighted by Gasteiger charge is 2.32. The Bertz CT molecular complexity index is 589. The molecule has 144 valence electrons. The second kappa shape index (κ2) is 8.61. The average Bonchev–Trinajstić information content (AvgIpc) is 3.07. The van der Waals surface area contributed by atoms with Gasteiger partial charge in [-0.15, -0.1) is 0 Å². The summed E-state index contributed by atoms with van der Waals surface area (Å²) in [5.41, 5.74) is 7.67. The van der Waals surface area contributed by atoms with Crippen LogP contribution in [0.5, 0.6) is 11.5 Å². The van der Waals surface area contributed by atoms with Gasteiger partial charge in [-0.3, -0.25) is 4.90 Å². The van der Waals surface area contributed by atoms with Crippen LogP contribution in [-0.4, -0.2) is 47.5 Å². The largest absolute Gasteiger partial charge is 0.454 e. The molecule has 3 rings (SSSR count). The maximum atomic E-state index is 8.94. The smallest absolute Gasteiger partial charge is 0.451 e. The van der Waals surface area contributed by atoms with Crippen molar-refractivity contribution in [2.75, 3.05) is 19.9 Å². The fourth-order valence-electron chi connectivity index (χ4n) is 4.08. The van der Waals surface area contributed by atoms with E-state index >= 15 is 0 Å². The number of unbranched alkanes of at least 4 members (excludes halogenated alkanes) is 1. The van der Waals surface area contributed by atoms with Crippen molar-refractivity contribution in [3.05, 3.63) is 23.8 Å². The molecule has 2 aliphatic rings. The van der Waals surface area contributed by atoms with Crippen LogP contribution in [0.4, 0.5) is 0 Å². The monoisotopic (exact) mass is 362 g/mol. The minimum Gasteiger partial charge on any atom is -0.454 e. The quantitative estimate of drug-likeness (QED) is 0.484. The van der Waals surface area contributed by atoms with Crippen LogP contribution in [0.2, 0.25) is 6.32 Å². The number of fused-ring (bicyclic) bond motifs is 1. The number of hydrogen-bond acceptors (Lipinski definition) is 6. The number of benzene rings is 1. The van der Waals surface area contributed by atoms with Gasteiger partial charge in [0.1, 0.15) is 0 Å². The summed E-state index contributed by atoms with van der Waals surface area (Å²) in [6, 6.07) is 6.18. The van der Waals surface area contributed by atoms with Crippen LogP contribution in [0.1, 0.15) is 44.6 Å². The van der Waals surface area contributed by atoms with Crippen molar-refractivity contribution in [3.8, 4) is 11.5 Å². The van der Waals surface area contributed by atoms with Crippen molar-refractivity contribution < 1.29 is 19.5 Å². The Morgan fingerprint density at radius 3 is 2.65 bits per heavy atom. The van der Waals surface area contributed by atoms with Gasteiger partial charge in [0.2, 0.25) is 6.79 Å². The second-order valence-electron chi connectivity index (χ2n) is 7.97. The Morgan fingerprint density at radius 1 is 1.19 bits per heavy atom. The molecule has 1 atom stereocenters. The molecule has 0 aromatic heterocycles. The molecule has 6 nitrogen and oxygen atoms in total. The van der Waals surface area contributed by atoms with Gasteiger partial charge in [0.05, 0.1) is 0 Å². The van der Waals surface area contributed by atoms with Crippen molar-refractivity contribution in [3.63, 3.8) is 0 Å². The minimum absolute atomic E-state index is 0.175. The molecule has 2 aliphatic heterocycles. The second-order valence-corrected chi connectivity index (χ2v) is 7.97. The lowest BCUT2D eigenvalue weighted by molar-refractivity contribution is 0.125. The Labute approximate surface area is 156 Å². The van der Waals surface area contributed by atoms with E-state index in [1.54, 1.807) is 0 Å². The molecule has 2 heterocycles. The van der Waals surface area contributed by atoms with E-state index in [2.05, 4.69) is 24.0 Å².